The smallest absolute Gasteiger partial charge is 0.270 e. The summed E-state index contributed by atoms with van der Waals surface area (Å²) in [5, 5.41) is 13.4. The van der Waals surface area contributed by atoms with E-state index in [1.165, 1.54) is 0 Å². The summed E-state index contributed by atoms with van der Waals surface area (Å²) < 4.78 is 15.9. The summed E-state index contributed by atoms with van der Waals surface area (Å²) in [6, 6.07) is 16.2. The second kappa shape index (κ2) is 10.6. The first kappa shape index (κ1) is 21.5. The first-order chi connectivity index (χ1) is 15.2. The Balaban J connectivity index is 1.79. The fraction of sp³-hybridized carbons (Fsp3) is 0.182. The topological polar surface area (TPSA) is 122 Å². The zero-order chi connectivity index (χ0) is 22.1. The molecule has 0 atom stereocenters. The van der Waals surface area contributed by atoms with Crippen molar-refractivity contribution in [2.45, 2.75) is 0 Å². The van der Waals surface area contributed by atoms with E-state index in [9.17, 15) is 10.1 Å². The molecule has 0 saturated heterocycles. The van der Waals surface area contributed by atoms with Crippen molar-refractivity contribution >= 4 is 12.2 Å². The number of hydrogen-bond acceptors (Lipinski definition) is 8. The van der Waals surface area contributed by atoms with Gasteiger partial charge in [-0.05, 0) is 23.8 Å². The maximum atomic E-state index is 12.3. The van der Waals surface area contributed by atoms with Crippen molar-refractivity contribution in [1.82, 2.24) is 9.97 Å². The lowest BCUT2D eigenvalue weighted by Crippen LogP contribution is -2.16. The van der Waals surface area contributed by atoms with Crippen LogP contribution in [0.2, 0.25) is 0 Å². The van der Waals surface area contributed by atoms with Gasteiger partial charge in [0, 0.05) is 12.7 Å². The molecular formula is C22H21N5O4. The molecule has 0 spiro atoms. The van der Waals surface area contributed by atoms with E-state index in [4.69, 9.17) is 14.2 Å². The average Bonchev–Trinajstić information content (AvgIpc) is 2.80. The molecule has 9 heteroatoms. The number of benzene rings is 2. The predicted molar refractivity (Wildman–Crippen MR) is 117 cm³/mol. The Bertz CT molecular complexity index is 1150. The number of hydrogen-bond donors (Lipinski definition) is 2. The van der Waals surface area contributed by atoms with Crippen LogP contribution in [0.15, 0.2) is 58.4 Å². The minimum absolute atomic E-state index is 0.0606. The van der Waals surface area contributed by atoms with Gasteiger partial charge in [-0.25, -0.2) is 10.4 Å². The molecule has 0 bridgehead atoms. The molecule has 0 aliphatic rings. The normalized spacial score (nSPS) is 10.6. The molecule has 0 unspecified atom stereocenters. The molecule has 0 aliphatic heterocycles. The van der Waals surface area contributed by atoms with Gasteiger partial charge in [-0.15, -0.1) is 0 Å². The number of hydrazone groups is 1. The summed E-state index contributed by atoms with van der Waals surface area (Å²) in [5.41, 5.74) is 3.76. The maximum absolute atomic E-state index is 12.3. The van der Waals surface area contributed by atoms with Gasteiger partial charge in [-0.1, -0.05) is 30.3 Å². The molecular weight excluding hydrogens is 398 g/mol. The number of rotatable bonds is 9. The van der Waals surface area contributed by atoms with E-state index in [0.717, 1.165) is 5.56 Å². The Hall–Kier alpha value is -4.16. The summed E-state index contributed by atoms with van der Waals surface area (Å²) >= 11 is 0. The zero-order valence-electron chi connectivity index (χ0n) is 17.1. The Labute approximate surface area is 178 Å². The van der Waals surface area contributed by atoms with E-state index < -0.39 is 5.56 Å². The Morgan fingerprint density at radius 2 is 1.97 bits per heavy atom. The third-order valence-electron chi connectivity index (χ3n) is 4.20. The van der Waals surface area contributed by atoms with Crippen LogP contribution in [-0.4, -0.2) is 43.6 Å². The number of aromatic nitrogens is 2. The zero-order valence-corrected chi connectivity index (χ0v) is 17.1. The lowest BCUT2D eigenvalue weighted by Gasteiger charge is -2.10. The molecule has 158 valence electrons. The average molecular weight is 419 g/mol. The highest BCUT2D eigenvalue weighted by Crippen LogP contribution is 2.27. The summed E-state index contributed by atoms with van der Waals surface area (Å²) in [5.74, 6) is 1.26. The molecule has 31 heavy (non-hydrogen) atoms. The number of nitrogens with zero attached hydrogens (tertiary/aromatic N) is 3. The van der Waals surface area contributed by atoms with Gasteiger partial charge in [0.15, 0.2) is 11.5 Å². The maximum Gasteiger partial charge on any atom is 0.270 e. The van der Waals surface area contributed by atoms with E-state index in [2.05, 4.69) is 20.5 Å². The summed E-state index contributed by atoms with van der Waals surface area (Å²) in [6.07, 6.45) is 1.54. The van der Waals surface area contributed by atoms with Crippen LogP contribution in [0, 0.1) is 11.3 Å². The molecule has 9 nitrogen and oxygen atoms in total. The van der Waals surface area contributed by atoms with Crippen molar-refractivity contribution in [2.75, 3.05) is 32.9 Å². The van der Waals surface area contributed by atoms with Gasteiger partial charge < -0.3 is 14.2 Å². The number of anilines is 1. The highest BCUT2D eigenvalue weighted by molar-refractivity contribution is 5.81. The van der Waals surface area contributed by atoms with Gasteiger partial charge >= 0.3 is 0 Å². The van der Waals surface area contributed by atoms with Crippen molar-refractivity contribution in [3.63, 3.8) is 0 Å². The number of aromatic amines is 1. The van der Waals surface area contributed by atoms with Crippen LogP contribution in [0.1, 0.15) is 11.1 Å². The van der Waals surface area contributed by atoms with E-state index in [-0.39, 0.29) is 17.2 Å². The molecule has 0 amide bonds. The van der Waals surface area contributed by atoms with Crippen LogP contribution >= 0.6 is 0 Å². The highest BCUT2D eigenvalue weighted by atomic mass is 16.5. The fourth-order valence-electron chi connectivity index (χ4n) is 2.72. The van der Waals surface area contributed by atoms with Crippen molar-refractivity contribution in [3.8, 4) is 28.8 Å². The molecule has 0 fully saturated rings. The molecule has 1 heterocycles. The quantitative estimate of drug-likeness (QED) is 0.311. The molecule has 2 aromatic carbocycles. The highest BCUT2D eigenvalue weighted by Gasteiger charge is 2.13. The fourth-order valence-corrected chi connectivity index (χ4v) is 2.72. The summed E-state index contributed by atoms with van der Waals surface area (Å²) in [4.78, 5) is 19.1. The van der Waals surface area contributed by atoms with E-state index in [1.54, 1.807) is 62.9 Å². The Morgan fingerprint density at radius 1 is 1.16 bits per heavy atom. The molecule has 0 radical (unpaired) electrons. The van der Waals surface area contributed by atoms with Gasteiger partial charge in [0.05, 0.1) is 25.6 Å². The monoisotopic (exact) mass is 419 g/mol. The largest absolute Gasteiger partial charge is 0.493 e. The molecule has 1 aromatic heterocycles. The van der Waals surface area contributed by atoms with Gasteiger partial charge in [-0.3, -0.25) is 9.78 Å². The van der Waals surface area contributed by atoms with E-state index in [1.807, 2.05) is 12.1 Å². The third kappa shape index (κ3) is 5.46. The van der Waals surface area contributed by atoms with Crippen molar-refractivity contribution in [1.29, 1.82) is 5.26 Å². The number of ether oxygens (including phenoxy) is 3. The second-order valence-corrected chi connectivity index (χ2v) is 6.24. The van der Waals surface area contributed by atoms with E-state index in [0.29, 0.717) is 30.3 Å². The standard InChI is InChI=1S/C22H21N5O4/c1-29-10-11-31-18-9-8-15(12-19(18)30-2)14-24-27-22-25-20(16-6-4-3-5-7-16)17(13-23)21(28)26-22/h3-9,12,14H,10-11H2,1-2H3,(H2,25,26,27,28). The van der Waals surface area contributed by atoms with Gasteiger partial charge in [0.25, 0.3) is 5.56 Å². The molecule has 2 N–H and O–H groups in total. The lowest BCUT2D eigenvalue weighted by molar-refractivity contribution is 0.144. The minimum Gasteiger partial charge on any atom is -0.493 e. The van der Waals surface area contributed by atoms with Gasteiger partial charge in [-0.2, -0.15) is 10.4 Å². The Kier molecular flexibility index (Phi) is 7.35. The lowest BCUT2D eigenvalue weighted by atomic mass is 10.1. The molecule has 3 aromatic rings. The van der Waals surface area contributed by atoms with Crippen LogP contribution in [0.25, 0.3) is 11.3 Å². The number of H-pyrrole nitrogens is 1. The van der Waals surface area contributed by atoms with Crippen LogP contribution in [-0.2, 0) is 4.74 Å². The SMILES string of the molecule is COCCOc1ccc(C=NNc2nc(-c3ccccc3)c(C#N)c(=O)[nH]2)cc1OC. The number of nitrogens with one attached hydrogen (secondary N) is 2. The summed E-state index contributed by atoms with van der Waals surface area (Å²) in [7, 11) is 3.15. The van der Waals surface area contributed by atoms with Crippen molar-refractivity contribution in [2.24, 2.45) is 5.10 Å². The second-order valence-electron chi connectivity index (χ2n) is 6.24. The van der Waals surface area contributed by atoms with Gasteiger partial charge in [0.1, 0.15) is 18.2 Å². The van der Waals surface area contributed by atoms with Crippen LogP contribution in [0.4, 0.5) is 5.95 Å². The van der Waals surface area contributed by atoms with Crippen LogP contribution < -0.4 is 20.5 Å². The van der Waals surface area contributed by atoms with Crippen LogP contribution in [0.3, 0.4) is 0 Å². The predicted octanol–water partition coefficient (Wildman–Crippen LogP) is 2.79. The Morgan fingerprint density at radius 3 is 2.68 bits per heavy atom. The first-order valence-electron chi connectivity index (χ1n) is 9.35. The molecule has 0 aliphatic carbocycles. The van der Waals surface area contributed by atoms with E-state index >= 15 is 0 Å². The van der Waals surface area contributed by atoms with Crippen LogP contribution in [0.5, 0.6) is 11.5 Å². The minimum atomic E-state index is -0.548. The third-order valence-corrected chi connectivity index (χ3v) is 4.20. The van der Waals surface area contributed by atoms with Crippen molar-refractivity contribution < 1.29 is 14.2 Å². The number of methoxy groups -OCH3 is 2. The molecule has 3 rings (SSSR count). The summed E-state index contributed by atoms with van der Waals surface area (Å²) in [6.45, 7) is 0.875. The first-order valence-corrected chi connectivity index (χ1v) is 9.35. The number of nitriles is 1. The van der Waals surface area contributed by atoms with Gasteiger partial charge in [0.2, 0.25) is 5.95 Å². The van der Waals surface area contributed by atoms with Crippen molar-refractivity contribution in [3.05, 3.63) is 70.0 Å². The molecule has 0 saturated carbocycles.